The number of carbonyl (C=O) groups excluding carboxylic acids is 2. The van der Waals surface area contributed by atoms with E-state index in [0.29, 0.717) is 34.3 Å². The molecule has 2 aromatic rings. The Morgan fingerprint density at radius 2 is 1.74 bits per heavy atom. The Hall–Kier alpha value is -2.04. The highest BCUT2D eigenvalue weighted by molar-refractivity contribution is 6.33. The molecule has 23 heavy (non-hydrogen) atoms. The second kappa shape index (κ2) is 7.99. The highest BCUT2D eigenvalue weighted by atomic mass is 35.5. The predicted octanol–water partition coefficient (Wildman–Crippen LogP) is 4.52. The Morgan fingerprint density at radius 1 is 1.00 bits per heavy atom. The molecule has 0 aliphatic carbocycles. The van der Waals surface area contributed by atoms with Gasteiger partial charge in [0.15, 0.2) is 0 Å². The second-order valence-corrected chi connectivity index (χ2v) is 5.83. The van der Waals surface area contributed by atoms with Crippen LogP contribution in [0.1, 0.15) is 18.9 Å². The molecule has 120 valence electrons. The van der Waals surface area contributed by atoms with Crippen molar-refractivity contribution in [1.29, 1.82) is 0 Å². The molecule has 0 aliphatic rings. The van der Waals surface area contributed by atoms with Crippen LogP contribution in [0.2, 0.25) is 10.0 Å². The van der Waals surface area contributed by atoms with Crippen LogP contribution in [0.5, 0.6) is 0 Å². The lowest BCUT2D eigenvalue weighted by Gasteiger charge is -2.10. The van der Waals surface area contributed by atoms with Crippen molar-refractivity contribution in [2.24, 2.45) is 0 Å². The van der Waals surface area contributed by atoms with Gasteiger partial charge in [0.1, 0.15) is 0 Å². The number of nitrogens with one attached hydrogen (secondary N) is 2. The van der Waals surface area contributed by atoms with E-state index in [2.05, 4.69) is 10.6 Å². The van der Waals surface area contributed by atoms with Crippen molar-refractivity contribution >= 4 is 46.4 Å². The largest absolute Gasteiger partial charge is 0.326 e. The molecule has 0 spiro atoms. The standard InChI is InChI=1S/C17H16Cl2N2O2/c1-11(22)20-16-10-13(7-8-15(16)19)21-17(23)9-6-12-4-2-3-5-14(12)18/h2-5,7-8,10H,6,9H2,1H3,(H,20,22)(H,21,23). The van der Waals surface area contributed by atoms with Crippen molar-refractivity contribution in [3.63, 3.8) is 0 Å². The van der Waals surface area contributed by atoms with Crippen LogP contribution < -0.4 is 10.6 Å². The summed E-state index contributed by atoms with van der Waals surface area (Å²) in [6.45, 7) is 1.39. The van der Waals surface area contributed by atoms with Crippen LogP contribution in [-0.4, -0.2) is 11.8 Å². The average molecular weight is 351 g/mol. The van der Waals surface area contributed by atoms with Gasteiger partial charge in [0.05, 0.1) is 10.7 Å². The average Bonchev–Trinajstić information content (AvgIpc) is 2.49. The van der Waals surface area contributed by atoms with E-state index in [-0.39, 0.29) is 11.8 Å². The molecule has 0 bridgehead atoms. The minimum atomic E-state index is -0.228. The van der Waals surface area contributed by atoms with Gasteiger partial charge in [0.25, 0.3) is 0 Å². The summed E-state index contributed by atoms with van der Waals surface area (Å²) in [4.78, 5) is 23.2. The molecule has 0 radical (unpaired) electrons. The van der Waals surface area contributed by atoms with Crippen molar-refractivity contribution < 1.29 is 9.59 Å². The number of carbonyl (C=O) groups is 2. The Morgan fingerprint density at radius 3 is 2.43 bits per heavy atom. The van der Waals surface area contributed by atoms with Gasteiger partial charge in [-0.1, -0.05) is 41.4 Å². The molecule has 0 fully saturated rings. The predicted molar refractivity (Wildman–Crippen MR) is 94.2 cm³/mol. The van der Waals surface area contributed by atoms with Gasteiger partial charge >= 0.3 is 0 Å². The molecule has 2 amide bonds. The topological polar surface area (TPSA) is 58.2 Å². The number of benzene rings is 2. The van der Waals surface area contributed by atoms with Crippen molar-refractivity contribution in [3.8, 4) is 0 Å². The van der Waals surface area contributed by atoms with Crippen molar-refractivity contribution in [3.05, 3.63) is 58.1 Å². The van der Waals surface area contributed by atoms with E-state index in [1.807, 2.05) is 18.2 Å². The van der Waals surface area contributed by atoms with Crippen LogP contribution in [0, 0.1) is 0 Å². The van der Waals surface area contributed by atoms with Crippen molar-refractivity contribution in [2.45, 2.75) is 19.8 Å². The number of aryl methyl sites for hydroxylation is 1. The molecular formula is C17H16Cl2N2O2. The third-order valence-corrected chi connectivity index (χ3v) is 3.84. The molecule has 2 aromatic carbocycles. The lowest BCUT2D eigenvalue weighted by molar-refractivity contribution is -0.116. The Bertz CT molecular complexity index is 732. The zero-order valence-corrected chi connectivity index (χ0v) is 14.0. The van der Waals surface area contributed by atoms with Gasteiger partial charge in [0.2, 0.25) is 11.8 Å². The summed E-state index contributed by atoms with van der Waals surface area (Å²) in [5.41, 5.74) is 1.96. The van der Waals surface area contributed by atoms with E-state index in [1.54, 1.807) is 24.3 Å². The normalized spacial score (nSPS) is 10.2. The van der Waals surface area contributed by atoms with E-state index >= 15 is 0 Å². The Labute approximate surface area is 144 Å². The molecule has 0 aromatic heterocycles. The quantitative estimate of drug-likeness (QED) is 0.832. The van der Waals surface area contributed by atoms with Gasteiger partial charge in [-0.3, -0.25) is 9.59 Å². The van der Waals surface area contributed by atoms with Gasteiger partial charge in [-0.2, -0.15) is 0 Å². The fourth-order valence-electron chi connectivity index (χ4n) is 2.06. The smallest absolute Gasteiger partial charge is 0.224 e. The number of amides is 2. The maximum atomic E-state index is 12.0. The molecule has 2 rings (SSSR count). The van der Waals surface area contributed by atoms with Gasteiger partial charge in [-0.15, -0.1) is 0 Å². The maximum absolute atomic E-state index is 12.0. The monoisotopic (exact) mass is 350 g/mol. The fourth-order valence-corrected chi connectivity index (χ4v) is 2.46. The number of hydrogen-bond acceptors (Lipinski definition) is 2. The van der Waals surface area contributed by atoms with Crippen molar-refractivity contribution in [2.75, 3.05) is 10.6 Å². The van der Waals surface area contributed by atoms with Crippen molar-refractivity contribution in [1.82, 2.24) is 0 Å². The van der Waals surface area contributed by atoms with Gasteiger partial charge in [0, 0.05) is 24.1 Å². The molecule has 4 nitrogen and oxygen atoms in total. The van der Waals surface area contributed by atoms with E-state index in [4.69, 9.17) is 23.2 Å². The molecule has 0 aliphatic heterocycles. The summed E-state index contributed by atoms with van der Waals surface area (Å²) in [6, 6.07) is 12.4. The summed E-state index contributed by atoms with van der Waals surface area (Å²) in [7, 11) is 0. The summed E-state index contributed by atoms with van der Waals surface area (Å²) in [5, 5.41) is 6.46. The first-order valence-corrected chi connectivity index (χ1v) is 7.81. The first kappa shape index (κ1) is 17.3. The number of rotatable bonds is 5. The third-order valence-electron chi connectivity index (χ3n) is 3.14. The number of anilines is 2. The number of halogens is 2. The summed E-state index contributed by atoms with van der Waals surface area (Å²) < 4.78 is 0. The van der Waals surface area contributed by atoms with Crippen LogP contribution >= 0.6 is 23.2 Å². The van der Waals surface area contributed by atoms with E-state index in [9.17, 15) is 9.59 Å². The lowest BCUT2D eigenvalue weighted by Crippen LogP contribution is -2.13. The fraction of sp³-hybridized carbons (Fsp3) is 0.176. The van der Waals surface area contributed by atoms with Crippen LogP contribution in [0.4, 0.5) is 11.4 Å². The Balaban J connectivity index is 1.97. The first-order chi connectivity index (χ1) is 11.0. The number of hydrogen-bond donors (Lipinski definition) is 2. The van der Waals surface area contributed by atoms with Gasteiger partial charge in [-0.25, -0.2) is 0 Å². The third kappa shape index (κ3) is 5.27. The first-order valence-electron chi connectivity index (χ1n) is 7.06. The molecule has 0 saturated carbocycles. The van der Waals surface area contributed by atoms with E-state index in [0.717, 1.165) is 5.56 Å². The molecule has 0 unspecified atom stereocenters. The summed E-state index contributed by atoms with van der Waals surface area (Å²) in [6.07, 6.45) is 0.861. The molecular weight excluding hydrogens is 335 g/mol. The summed E-state index contributed by atoms with van der Waals surface area (Å²) >= 11 is 12.1. The van der Waals surface area contributed by atoms with E-state index < -0.39 is 0 Å². The molecule has 0 heterocycles. The van der Waals surface area contributed by atoms with Crippen LogP contribution in [0.25, 0.3) is 0 Å². The Kier molecular flexibility index (Phi) is 6.02. The molecule has 6 heteroatoms. The van der Waals surface area contributed by atoms with Gasteiger partial charge in [-0.05, 0) is 36.2 Å². The minimum absolute atomic E-state index is 0.138. The zero-order valence-electron chi connectivity index (χ0n) is 12.5. The van der Waals surface area contributed by atoms with Crippen LogP contribution in [0.15, 0.2) is 42.5 Å². The van der Waals surface area contributed by atoms with Crippen LogP contribution in [-0.2, 0) is 16.0 Å². The SMILES string of the molecule is CC(=O)Nc1cc(NC(=O)CCc2ccccc2Cl)ccc1Cl. The van der Waals surface area contributed by atoms with E-state index in [1.165, 1.54) is 6.92 Å². The molecule has 0 saturated heterocycles. The summed E-state index contributed by atoms with van der Waals surface area (Å²) in [5.74, 6) is -0.366. The van der Waals surface area contributed by atoms with Crippen LogP contribution in [0.3, 0.4) is 0 Å². The maximum Gasteiger partial charge on any atom is 0.224 e. The second-order valence-electron chi connectivity index (χ2n) is 5.02. The zero-order chi connectivity index (χ0) is 16.8. The minimum Gasteiger partial charge on any atom is -0.326 e. The molecule has 2 N–H and O–H groups in total. The highest BCUT2D eigenvalue weighted by Gasteiger charge is 2.08. The lowest BCUT2D eigenvalue weighted by atomic mass is 10.1. The highest BCUT2D eigenvalue weighted by Crippen LogP contribution is 2.25. The van der Waals surface area contributed by atoms with Gasteiger partial charge < -0.3 is 10.6 Å². The molecule has 0 atom stereocenters.